The molecule has 1 N–H and O–H groups in total. The summed E-state index contributed by atoms with van der Waals surface area (Å²) >= 11 is 0. The second-order valence-corrected chi connectivity index (χ2v) is 6.24. The van der Waals surface area contributed by atoms with Gasteiger partial charge in [0.1, 0.15) is 0 Å². The van der Waals surface area contributed by atoms with Crippen LogP contribution in [0.15, 0.2) is 24.4 Å². The van der Waals surface area contributed by atoms with Gasteiger partial charge in [0.15, 0.2) is 0 Å². The summed E-state index contributed by atoms with van der Waals surface area (Å²) in [5.41, 5.74) is 2.58. The molecule has 0 radical (unpaired) electrons. The Kier molecular flexibility index (Phi) is 5.11. The number of nitrogens with zero attached hydrogens (tertiary/aromatic N) is 4. The molecule has 0 saturated carbocycles. The zero-order valence-electron chi connectivity index (χ0n) is 14.8. The predicted molar refractivity (Wildman–Crippen MR) is 95.9 cm³/mol. The van der Waals surface area contributed by atoms with E-state index < -0.39 is 0 Å². The van der Waals surface area contributed by atoms with E-state index in [4.69, 9.17) is 4.74 Å². The summed E-state index contributed by atoms with van der Waals surface area (Å²) in [4.78, 5) is 27.7. The van der Waals surface area contributed by atoms with Crippen molar-refractivity contribution in [3.05, 3.63) is 35.8 Å². The van der Waals surface area contributed by atoms with Crippen LogP contribution in [0, 0.1) is 19.8 Å². The summed E-state index contributed by atoms with van der Waals surface area (Å²) < 4.78 is 5.14. The fourth-order valence-electron chi connectivity index (χ4n) is 2.99. The van der Waals surface area contributed by atoms with Gasteiger partial charge >= 0.3 is 0 Å². The fourth-order valence-corrected chi connectivity index (χ4v) is 2.99. The number of pyridine rings is 1. The average Bonchev–Trinajstić information content (AvgIpc) is 2.64. The molecule has 3 heterocycles. The lowest BCUT2D eigenvalue weighted by atomic mass is 9.96. The van der Waals surface area contributed by atoms with Crippen molar-refractivity contribution in [2.75, 3.05) is 30.4 Å². The first-order valence-corrected chi connectivity index (χ1v) is 8.44. The molecule has 7 heteroatoms. The first-order chi connectivity index (χ1) is 12.1. The fraction of sp³-hybridized carbons (Fsp3) is 0.444. The van der Waals surface area contributed by atoms with Gasteiger partial charge in [0, 0.05) is 37.0 Å². The van der Waals surface area contributed by atoms with Crippen LogP contribution in [0.4, 0.5) is 11.6 Å². The van der Waals surface area contributed by atoms with E-state index in [9.17, 15) is 4.79 Å². The number of hydrogen-bond acceptors (Lipinski definition) is 6. The Balaban J connectivity index is 1.58. The monoisotopic (exact) mass is 341 g/mol. The van der Waals surface area contributed by atoms with E-state index in [0.29, 0.717) is 11.8 Å². The number of aromatic nitrogens is 3. The summed E-state index contributed by atoms with van der Waals surface area (Å²) in [5, 5.41) is 3.01. The second-order valence-electron chi connectivity index (χ2n) is 6.24. The van der Waals surface area contributed by atoms with Crippen LogP contribution in [-0.2, 0) is 4.79 Å². The maximum atomic E-state index is 12.5. The summed E-state index contributed by atoms with van der Waals surface area (Å²) in [7, 11) is 1.59. The highest BCUT2D eigenvalue weighted by Gasteiger charge is 2.26. The second kappa shape index (κ2) is 7.46. The number of aryl methyl sites for hydroxylation is 2. The van der Waals surface area contributed by atoms with E-state index in [1.54, 1.807) is 19.4 Å². The van der Waals surface area contributed by atoms with E-state index in [2.05, 4.69) is 25.2 Å². The van der Waals surface area contributed by atoms with Crippen LogP contribution in [0.2, 0.25) is 0 Å². The number of methoxy groups -OCH3 is 1. The quantitative estimate of drug-likeness (QED) is 0.919. The maximum Gasteiger partial charge on any atom is 0.228 e. The molecule has 1 amide bonds. The molecule has 0 unspecified atom stereocenters. The highest BCUT2D eigenvalue weighted by molar-refractivity contribution is 5.93. The van der Waals surface area contributed by atoms with E-state index in [0.717, 1.165) is 43.0 Å². The third kappa shape index (κ3) is 4.04. The molecule has 0 aromatic carbocycles. The molecule has 1 fully saturated rings. The van der Waals surface area contributed by atoms with Crippen molar-refractivity contribution in [1.82, 2.24) is 15.0 Å². The number of carbonyl (C=O) groups excluding carboxylic acids is 1. The maximum absolute atomic E-state index is 12.5. The molecule has 2 aromatic rings. The Labute approximate surface area is 147 Å². The topological polar surface area (TPSA) is 80.2 Å². The van der Waals surface area contributed by atoms with Crippen LogP contribution in [0.3, 0.4) is 0 Å². The van der Waals surface area contributed by atoms with Crippen molar-refractivity contribution in [2.45, 2.75) is 26.7 Å². The number of piperidine rings is 1. The third-order valence-corrected chi connectivity index (χ3v) is 4.46. The van der Waals surface area contributed by atoms with Gasteiger partial charge in [-0.3, -0.25) is 9.78 Å². The molecule has 25 heavy (non-hydrogen) atoms. The predicted octanol–water partition coefficient (Wildman–Crippen LogP) is 2.35. The molecule has 1 saturated heterocycles. The highest BCUT2D eigenvalue weighted by Crippen LogP contribution is 2.23. The highest BCUT2D eigenvalue weighted by atomic mass is 16.5. The minimum Gasteiger partial charge on any atom is -0.481 e. The zero-order chi connectivity index (χ0) is 17.8. The van der Waals surface area contributed by atoms with Gasteiger partial charge in [-0.2, -0.15) is 4.98 Å². The van der Waals surface area contributed by atoms with E-state index in [1.807, 2.05) is 26.0 Å². The molecule has 3 rings (SSSR count). The molecule has 0 aliphatic carbocycles. The third-order valence-electron chi connectivity index (χ3n) is 4.46. The first-order valence-electron chi connectivity index (χ1n) is 8.44. The van der Waals surface area contributed by atoms with Crippen molar-refractivity contribution >= 4 is 17.5 Å². The minimum absolute atomic E-state index is 0.0115. The molecule has 2 aromatic heterocycles. The smallest absolute Gasteiger partial charge is 0.228 e. The van der Waals surface area contributed by atoms with Gasteiger partial charge in [-0.25, -0.2) is 4.98 Å². The van der Waals surface area contributed by atoms with Gasteiger partial charge in [-0.15, -0.1) is 0 Å². The summed E-state index contributed by atoms with van der Waals surface area (Å²) in [6, 6.07) is 5.54. The van der Waals surface area contributed by atoms with Gasteiger partial charge in [-0.1, -0.05) is 0 Å². The van der Waals surface area contributed by atoms with Gasteiger partial charge < -0.3 is 15.0 Å². The summed E-state index contributed by atoms with van der Waals surface area (Å²) in [6.45, 7) is 5.34. The van der Waals surface area contributed by atoms with Crippen LogP contribution < -0.4 is 15.0 Å². The summed E-state index contributed by atoms with van der Waals surface area (Å²) in [5.74, 6) is 1.24. The Morgan fingerprint density at radius 2 is 1.96 bits per heavy atom. The number of amides is 1. The van der Waals surface area contributed by atoms with E-state index in [-0.39, 0.29) is 11.8 Å². The van der Waals surface area contributed by atoms with Crippen LogP contribution in [0.5, 0.6) is 5.88 Å². The van der Waals surface area contributed by atoms with Crippen molar-refractivity contribution in [1.29, 1.82) is 0 Å². The Hall–Kier alpha value is -2.70. The molecule has 7 nitrogen and oxygen atoms in total. The number of anilines is 2. The molecule has 0 spiro atoms. The lowest BCUT2D eigenvalue weighted by Gasteiger charge is -2.31. The van der Waals surface area contributed by atoms with Crippen LogP contribution in [0.1, 0.15) is 24.2 Å². The standard InChI is InChI=1S/C18H23N5O2/c1-12-4-5-15(13(2)20-12)21-17(24)14-7-10-23(11-8-14)18-19-9-6-16(22-18)25-3/h4-6,9,14H,7-8,10-11H2,1-3H3,(H,21,24). The molecular weight excluding hydrogens is 318 g/mol. The lowest BCUT2D eigenvalue weighted by Crippen LogP contribution is -2.39. The van der Waals surface area contributed by atoms with Crippen LogP contribution in [0.25, 0.3) is 0 Å². The molecular formula is C18H23N5O2. The molecule has 1 aliphatic rings. The van der Waals surface area contributed by atoms with Crippen molar-refractivity contribution in [3.63, 3.8) is 0 Å². The molecule has 0 bridgehead atoms. The van der Waals surface area contributed by atoms with Crippen LogP contribution in [-0.4, -0.2) is 41.1 Å². The summed E-state index contributed by atoms with van der Waals surface area (Å²) in [6.07, 6.45) is 3.22. The largest absolute Gasteiger partial charge is 0.481 e. The Bertz CT molecular complexity index is 757. The minimum atomic E-state index is -0.0115. The number of ether oxygens (including phenoxy) is 1. The van der Waals surface area contributed by atoms with Gasteiger partial charge in [0.25, 0.3) is 0 Å². The molecule has 132 valence electrons. The van der Waals surface area contributed by atoms with Gasteiger partial charge in [0.05, 0.1) is 18.5 Å². The van der Waals surface area contributed by atoms with Crippen LogP contribution >= 0.6 is 0 Å². The Morgan fingerprint density at radius 1 is 1.20 bits per heavy atom. The van der Waals surface area contributed by atoms with Crippen molar-refractivity contribution in [3.8, 4) is 5.88 Å². The Morgan fingerprint density at radius 3 is 2.64 bits per heavy atom. The van der Waals surface area contributed by atoms with Gasteiger partial charge in [0.2, 0.25) is 17.7 Å². The number of carbonyl (C=O) groups is 1. The normalized spacial score (nSPS) is 15.1. The van der Waals surface area contributed by atoms with E-state index >= 15 is 0 Å². The van der Waals surface area contributed by atoms with Crippen molar-refractivity contribution in [2.24, 2.45) is 5.92 Å². The SMILES string of the molecule is COc1ccnc(N2CCC(C(=O)Nc3ccc(C)nc3C)CC2)n1. The van der Waals surface area contributed by atoms with E-state index in [1.165, 1.54) is 0 Å². The number of hydrogen-bond donors (Lipinski definition) is 1. The van der Waals surface area contributed by atoms with Gasteiger partial charge in [-0.05, 0) is 38.8 Å². The number of rotatable bonds is 4. The molecule has 1 aliphatic heterocycles. The lowest BCUT2D eigenvalue weighted by molar-refractivity contribution is -0.120. The molecule has 0 atom stereocenters. The zero-order valence-corrected chi connectivity index (χ0v) is 14.8. The van der Waals surface area contributed by atoms with Crippen molar-refractivity contribution < 1.29 is 9.53 Å². The average molecular weight is 341 g/mol. The first kappa shape index (κ1) is 17.1. The number of nitrogens with one attached hydrogen (secondary N) is 1.